The summed E-state index contributed by atoms with van der Waals surface area (Å²) in [7, 11) is 0. The molecule has 0 N–H and O–H groups in total. The lowest BCUT2D eigenvalue weighted by Gasteiger charge is -2.00. The van der Waals surface area contributed by atoms with Crippen molar-refractivity contribution in [2.45, 2.75) is 121 Å². The van der Waals surface area contributed by atoms with E-state index in [2.05, 4.69) is 154 Å². The molecule has 0 bridgehead atoms. The van der Waals surface area contributed by atoms with Crippen LogP contribution in [0.1, 0.15) is 121 Å². The van der Waals surface area contributed by atoms with Gasteiger partial charge < -0.3 is 0 Å². The number of hydrogen-bond donors (Lipinski definition) is 0. The molecule has 0 nitrogen and oxygen atoms in total. The molecular formula is C40H60. The first-order valence-corrected chi connectivity index (χ1v) is 15.3. The van der Waals surface area contributed by atoms with Crippen molar-refractivity contribution in [3.63, 3.8) is 0 Å². The molecule has 0 aromatic carbocycles. The summed E-state index contributed by atoms with van der Waals surface area (Å²) in [5.41, 5.74) is 11.1. The van der Waals surface area contributed by atoms with Crippen LogP contribution in [0.2, 0.25) is 0 Å². The molecule has 0 saturated heterocycles. The van der Waals surface area contributed by atoms with Crippen molar-refractivity contribution in [1.29, 1.82) is 0 Å². The van der Waals surface area contributed by atoms with Gasteiger partial charge in [0.1, 0.15) is 0 Å². The average molecular weight is 541 g/mol. The Morgan fingerprint density at radius 3 is 1.23 bits per heavy atom. The van der Waals surface area contributed by atoms with Crippen LogP contribution in [0.5, 0.6) is 0 Å². The van der Waals surface area contributed by atoms with Gasteiger partial charge in [0, 0.05) is 0 Å². The maximum atomic E-state index is 2.40. The van der Waals surface area contributed by atoms with Crippen LogP contribution >= 0.6 is 0 Å². The molecule has 220 valence electrons. The van der Waals surface area contributed by atoms with E-state index < -0.39 is 0 Å². The third kappa shape index (κ3) is 25.4. The second-order valence-electron chi connectivity index (χ2n) is 11.7. The Bertz CT molecular complexity index is 1050. The van der Waals surface area contributed by atoms with Crippen LogP contribution in [-0.2, 0) is 0 Å². The lowest BCUT2D eigenvalue weighted by atomic mass is 10.1. The summed E-state index contributed by atoms with van der Waals surface area (Å²) in [6, 6.07) is 0. The van der Waals surface area contributed by atoms with Crippen molar-refractivity contribution in [3.8, 4) is 0 Å². The first-order chi connectivity index (χ1) is 19.0. The maximum Gasteiger partial charge on any atom is -0.0285 e. The number of hydrogen-bond acceptors (Lipinski definition) is 0. The molecule has 0 aromatic rings. The molecular weight excluding hydrogens is 480 g/mol. The van der Waals surface area contributed by atoms with Gasteiger partial charge in [-0.1, -0.05) is 130 Å². The molecule has 0 saturated carbocycles. The van der Waals surface area contributed by atoms with E-state index in [9.17, 15) is 0 Å². The Morgan fingerprint density at radius 1 is 0.350 bits per heavy atom. The molecule has 0 radical (unpaired) electrons. The molecule has 0 rings (SSSR count). The number of allylic oxidation sites excluding steroid dienone is 22. The fourth-order valence-corrected chi connectivity index (χ4v) is 3.89. The molecule has 0 heteroatoms. The van der Waals surface area contributed by atoms with Crippen molar-refractivity contribution >= 4 is 0 Å². The second kappa shape index (κ2) is 24.0. The van der Waals surface area contributed by atoms with Gasteiger partial charge in [0.25, 0.3) is 0 Å². The zero-order chi connectivity index (χ0) is 30.2. The third-order valence-corrected chi connectivity index (χ3v) is 6.51. The van der Waals surface area contributed by atoms with E-state index in [1.54, 1.807) is 0 Å². The van der Waals surface area contributed by atoms with Gasteiger partial charge in [-0.15, -0.1) is 0 Å². The van der Waals surface area contributed by atoms with E-state index in [4.69, 9.17) is 0 Å². The first-order valence-electron chi connectivity index (χ1n) is 15.3. The quantitative estimate of drug-likeness (QED) is 0.0921. The molecule has 0 aliphatic carbocycles. The Morgan fingerprint density at radius 2 is 0.725 bits per heavy atom. The van der Waals surface area contributed by atoms with Gasteiger partial charge in [-0.2, -0.15) is 0 Å². The molecule has 0 aromatic heterocycles. The van der Waals surface area contributed by atoms with Crippen LogP contribution in [-0.4, -0.2) is 0 Å². The Kier molecular flexibility index (Phi) is 22.3. The highest BCUT2D eigenvalue weighted by Gasteiger charge is 1.91. The minimum absolute atomic E-state index is 1.09. The molecule has 0 heterocycles. The van der Waals surface area contributed by atoms with Crippen LogP contribution < -0.4 is 0 Å². The van der Waals surface area contributed by atoms with E-state index in [1.807, 2.05) is 0 Å². The zero-order valence-electron chi connectivity index (χ0n) is 27.7. The van der Waals surface area contributed by atoms with Gasteiger partial charge in [-0.3, -0.25) is 0 Å². The fourth-order valence-electron chi connectivity index (χ4n) is 3.89. The predicted octanol–water partition coefficient (Wildman–Crippen LogP) is 13.4. The summed E-state index contributed by atoms with van der Waals surface area (Å²) in [6.45, 7) is 21.9. The Balaban J connectivity index is 4.43. The van der Waals surface area contributed by atoms with Crippen molar-refractivity contribution in [2.24, 2.45) is 0 Å². The zero-order valence-corrected chi connectivity index (χ0v) is 27.7. The van der Waals surface area contributed by atoms with Gasteiger partial charge in [0.2, 0.25) is 0 Å². The van der Waals surface area contributed by atoms with E-state index in [1.165, 1.54) is 44.6 Å². The van der Waals surface area contributed by atoms with Gasteiger partial charge in [0.05, 0.1) is 0 Å². The molecule has 0 aliphatic rings. The number of unbranched alkanes of at least 4 members (excludes halogenated alkanes) is 1. The largest absolute Gasteiger partial charge is 0.0856 e. The monoisotopic (exact) mass is 540 g/mol. The van der Waals surface area contributed by atoms with Gasteiger partial charge >= 0.3 is 0 Å². The summed E-state index contributed by atoms with van der Waals surface area (Å²) < 4.78 is 0. The smallest absolute Gasteiger partial charge is 0.0285 e. The Hall–Kier alpha value is -2.86. The van der Waals surface area contributed by atoms with E-state index >= 15 is 0 Å². The molecule has 40 heavy (non-hydrogen) atoms. The molecule has 0 spiro atoms. The van der Waals surface area contributed by atoms with Gasteiger partial charge in [-0.05, 0) is 121 Å². The molecule has 0 fully saturated rings. The van der Waals surface area contributed by atoms with E-state index in [0.29, 0.717) is 0 Å². The standard InChI is InChI=1S/C40H60/c1-33(2)19-13-23-37(7)27-17-31-39(9)29-15-25-35(5)21-11-12-22-36(6)26-16-30-40(10)32-18-28-38(8)24-14-20-34(3)4/h15,17-22,25,27-32H,11-14,16,23-24,26H2,1-10H3/b25-15+,31-17+,32-18-,35-21-,36-22+,37-27-,38-28-,39-29+,40-30-. The SMILES string of the molecule is CC(C)=CCC\C(C)=C/C=C\C(C)=C/CC/C(C)=C/CC\C=C(C)/C=C/C=C(C)/C=C/C=C(/C)CCC=C(C)C. The van der Waals surface area contributed by atoms with Crippen LogP contribution in [0.3, 0.4) is 0 Å². The summed E-state index contributed by atoms with van der Waals surface area (Å²) in [6.07, 6.45) is 40.4. The van der Waals surface area contributed by atoms with Gasteiger partial charge in [0.15, 0.2) is 0 Å². The predicted molar refractivity (Wildman–Crippen MR) is 186 cm³/mol. The summed E-state index contributed by atoms with van der Waals surface area (Å²) in [5.74, 6) is 0. The summed E-state index contributed by atoms with van der Waals surface area (Å²) in [5, 5.41) is 0. The molecule has 0 unspecified atom stereocenters. The lowest BCUT2D eigenvalue weighted by molar-refractivity contribution is 0.937. The van der Waals surface area contributed by atoms with Crippen LogP contribution in [0.25, 0.3) is 0 Å². The number of rotatable bonds is 18. The van der Waals surface area contributed by atoms with Crippen molar-refractivity contribution < 1.29 is 0 Å². The van der Waals surface area contributed by atoms with Crippen LogP contribution in [0.15, 0.2) is 130 Å². The van der Waals surface area contributed by atoms with Crippen molar-refractivity contribution in [2.75, 3.05) is 0 Å². The minimum Gasteiger partial charge on any atom is -0.0856 e. The normalized spacial score (nSPS) is 14.7. The van der Waals surface area contributed by atoms with E-state index in [0.717, 1.165) is 51.4 Å². The second-order valence-corrected chi connectivity index (χ2v) is 11.7. The minimum atomic E-state index is 1.09. The molecule has 0 atom stereocenters. The maximum absolute atomic E-state index is 2.40. The van der Waals surface area contributed by atoms with Crippen molar-refractivity contribution in [3.05, 3.63) is 130 Å². The summed E-state index contributed by atoms with van der Waals surface area (Å²) in [4.78, 5) is 0. The third-order valence-electron chi connectivity index (χ3n) is 6.51. The highest BCUT2D eigenvalue weighted by Crippen LogP contribution is 2.12. The van der Waals surface area contributed by atoms with Crippen LogP contribution in [0.4, 0.5) is 0 Å². The Labute approximate surface area is 249 Å². The molecule has 0 aliphatic heterocycles. The van der Waals surface area contributed by atoms with Crippen LogP contribution in [0, 0.1) is 0 Å². The highest BCUT2D eigenvalue weighted by molar-refractivity contribution is 5.28. The fraction of sp³-hybridized carbons (Fsp3) is 0.450. The molecule has 0 amide bonds. The summed E-state index contributed by atoms with van der Waals surface area (Å²) >= 11 is 0. The van der Waals surface area contributed by atoms with Gasteiger partial charge in [-0.25, -0.2) is 0 Å². The van der Waals surface area contributed by atoms with E-state index in [-0.39, 0.29) is 0 Å². The van der Waals surface area contributed by atoms with Crippen molar-refractivity contribution in [1.82, 2.24) is 0 Å². The first kappa shape index (κ1) is 37.1. The highest BCUT2D eigenvalue weighted by atomic mass is 14.0. The average Bonchev–Trinajstić information content (AvgIpc) is 2.86. The lowest BCUT2D eigenvalue weighted by Crippen LogP contribution is -1.79. The topological polar surface area (TPSA) is 0 Å².